The quantitative estimate of drug-likeness (QED) is 0.805. The molecule has 134 valence electrons. The van der Waals surface area contributed by atoms with Crippen LogP contribution in [0, 0.1) is 0 Å². The first-order valence-corrected chi connectivity index (χ1v) is 9.01. The Bertz CT molecular complexity index is 516. The number of hydrogen-bond donors (Lipinski definition) is 2. The van der Waals surface area contributed by atoms with Gasteiger partial charge in [-0.3, -0.25) is 4.79 Å². The molecule has 2 N–H and O–H groups in total. The molecule has 0 bridgehead atoms. The number of aliphatic hydroxyl groups is 1. The fourth-order valence-electron chi connectivity index (χ4n) is 3.50. The van der Waals surface area contributed by atoms with E-state index in [2.05, 4.69) is 4.90 Å². The van der Waals surface area contributed by atoms with Gasteiger partial charge in [0.25, 0.3) is 0 Å². The van der Waals surface area contributed by atoms with Crippen molar-refractivity contribution in [3.8, 4) is 5.75 Å². The maximum absolute atomic E-state index is 12.6. The smallest absolute Gasteiger partial charge is 0.225 e. The third-order valence-electron chi connectivity index (χ3n) is 4.76. The molecule has 1 aliphatic heterocycles. The van der Waals surface area contributed by atoms with Gasteiger partial charge in [0, 0.05) is 31.9 Å². The van der Waals surface area contributed by atoms with Crippen LogP contribution in [-0.4, -0.2) is 52.8 Å². The molecule has 2 rings (SSSR count). The first-order valence-electron chi connectivity index (χ1n) is 9.01. The minimum atomic E-state index is -0.853. The molecule has 1 aromatic carbocycles. The predicted octanol–water partition coefficient (Wildman–Crippen LogP) is 2.76. The van der Waals surface area contributed by atoms with E-state index in [0.717, 1.165) is 31.6 Å². The summed E-state index contributed by atoms with van der Waals surface area (Å²) in [6.07, 6.45) is 3.37. The van der Waals surface area contributed by atoms with Crippen LogP contribution in [0.4, 0.5) is 5.69 Å². The molecule has 1 amide bonds. The fourth-order valence-corrected chi connectivity index (χ4v) is 3.50. The van der Waals surface area contributed by atoms with E-state index < -0.39 is 5.60 Å². The Morgan fingerprint density at radius 1 is 1.04 bits per heavy atom. The van der Waals surface area contributed by atoms with Crippen molar-refractivity contribution in [3.63, 3.8) is 0 Å². The van der Waals surface area contributed by atoms with Gasteiger partial charge in [-0.2, -0.15) is 0 Å². The predicted molar refractivity (Wildman–Crippen MR) is 96.3 cm³/mol. The number of nitrogens with zero attached hydrogens (tertiary/aromatic N) is 2. The average molecular weight is 334 g/mol. The Morgan fingerprint density at radius 2 is 1.58 bits per heavy atom. The molecule has 0 aliphatic carbocycles. The monoisotopic (exact) mass is 334 g/mol. The molecule has 1 aliphatic rings. The van der Waals surface area contributed by atoms with Crippen molar-refractivity contribution in [3.05, 3.63) is 24.3 Å². The lowest BCUT2D eigenvalue weighted by atomic mass is 9.88. The van der Waals surface area contributed by atoms with E-state index in [1.165, 1.54) is 0 Å². The second kappa shape index (κ2) is 8.38. The van der Waals surface area contributed by atoms with E-state index in [-0.39, 0.29) is 18.1 Å². The average Bonchev–Trinajstić information content (AvgIpc) is 2.56. The number of piperazine rings is 1. The van der Waals surface area contributed by atoms with Gasteiger partial charge >= 0.3 is 0 Å². The number of hydrogen-bond acceptors (Lipinski definition) is 4. The molecule has 1 fully saturated rings. The Labute approximate surface area is 144 Å². The number of aromatic hydroxyl groups is 1. The number of phenols is 1. The molecule has 1 aromatic rings. The molecule has 0 unspecified atom stereocenters. The van der Waals surface area contributed by atoms with Gasteiger partial charge in [-0.15, -0.1) is 0 Å². The Morgan fingerprint density at radius 3 is 2.08 bits per heavy atom. The third-order valence-corrected chi connectivity index (χ3v) is 4.76. The zero-order valence-corrected chi connectivity index (χ0v) is 14.9. The molecule has 0 aromatic heterocycles. The van der Waals surface area contributed by atoms with Gasteiger partial charge < -0.3 is 20.0 Å². The first-order chi connectivity index (χ1) is 11.5. The summed E-state index contributed by atoms with van der Waals surface area (Å²) in [4.78, 5) is 16.6. The number of rotatable bonds is 7. The van der Waals surface area contributed by atoms with Crippen LogP contribution < -0.4 is 4.90 Å². The number of carbonyl (C=O) groups excluding carboxylic acids is 1. The van der Waals surface area contributed by atoms with Gasteiger partial charge in [-0.05, 0) is 37.1 Å². The molecule has 0 atom stereocenters. The number of carbonyl (C=O) groups is 1. The molecular weight excluding hydrogens is 304 g/mol. The maximum atomic E-state index is 12.6. The molecule has 0 spiro atoms. The van der Waals surface area contributed by atoms with Crippen LogP contribution in [0.25, 0.3) is 0 Å². The lowest BCUT2D eigenvalue weighted by Crippen LogP contribution is -2.50. The maximum Gasteiger partial charge on any atom is 0.225 e. The zero-order chi connectivity index (χ0) is 17.6. The number of anilines is 1. The van der Waals surface area contributed by atoms with Crippen LogP contribution in [0.15, 0.2) is 24.3 Å². The van der Waals surface area contributed by atoms with Crippen LogP contribution in [0.1, 0.15) is 46.0 Å². The van der Waals surface area contributed by atoms with Crippen molar-refractivity contribution in [2.24, 2.45) is 0 Å². The van der Waals surface area contributed by atoms with Gasteiger partial charge in [0.15, 0.2) is 0 Å². The lowest BCUT2D eigenvalue weighted by molar-refractivity contribution is -0.137. The van der Waals surface area contributed by atoms with Crippen LogP contribution in [0.5, 0.6) is 5.75 Å². The summed E-state index contributed by atoms with van der Waals surface area (Å²) in [6, 6.07) is 7.16. The molecule has 0 saturated carbocycles. The van der Waals surface area contributed by atoms with Gasteiger partial charge in [-0.1, -0.05) is 26.7 Å². The van der Waals surface area contributed by atoms with Crippen molar-refractivity contribution >= 4 is 11.6 Å². The van der Waals surface area contributed by atoms with Crippen LogP contribution >= 0.6 is 0 Å². The van der Waals surface area contributed by atoms with Crippen molar-refractivity contribution < 1.29 is 15.0 Å². The Balaban J connectivity index is 1.89. The molecule has 0 radical (unpaired) electrons. The summed E-state index contributed by atoms with van der Waals surface area (Å²) in [7, 11) is 0. The Hall–Kier alpha value is -1.75. The molecular formula is C19H30N2O3. The number of amides is 1. The third kappa shape index (κ3) is 4.87. The van der Waals surface area contributed by atoms with E-state index in [1.54, 1.807) is 12.1 Å². The number of benzene rings is 1. The van der Waals surface area contributed by atoms with Gasteiger partial charge in [-0.25, -0.2) is 0 Å². The van der Waals surface area contributed by atoms with E-state index in [1.807, 2.05) is 30.9 Å². The van der Waals surface area contributed by atoms with E-state index in [0.29, 0.717) is 25.9 Å². The van der Waals surface area contributed by atoms with Crippen molar-refractivity contribution in [1.29, 1.82) is 0 Å². The van der Waals surface area contributed by atoms with E-state index in [4.69, 9.17) is 0 Å². The van der Waals surface area contributed by atoms with Crippen molar-refractivity contribution in [2.75, 3.05) is 31.1 Å². The largest absolute Gasteiger partial charge is 0.508 e. The van der Waals surface area contributed by atoms with Gasteiger partial charge in [0.2, 0.25) is 5.91 Å². The highest BCUT2D eigenvalue weighted by molar-refractivity contribution is 5.77. The lowest BCUT2D eigenvalue weighted by Gasteiger charge is -2.38. The molecule has 5 heteroatoms. The molecule has 24 heavy (non-hydrogen) atoms. The highest BCUT2D eigenvalue weighted by Crippen LogP contribution is 2.25. The zero-order valence-electron chi connectivity index (χ0n) is 14.9. The van der Waals surface area contributed by atoms with Crippen LogP contribution in [0.3, 0.4) is 0 Å². The van der Waals surface area contributed by atoms with E-state index >= 15 is 0 Å². The Kier molecular flexibility index (Phi) is 6.49. The number of phenolic OH excluding ortho intramolecular Hbond substituents is 1. The highest BCUT2D eigenvalue weighted by Gasteiger charge is 2.31. The van der Waals surface area contributed by atoms with Crippen molar-refractivity contribution in [2.45, 2.75) is 51.6 Å². The highest BCUT2D eigenvalue weighted by atomic mass is 16.3. The first kappa shape index (κ1) is 18.6. The molecule has 5 nitrogen and oxygen atoms in total. The van der Waals surface area contributed by atoms with Gasteiger partial charge in [0.1, 0.15) is 5.75 Å². The second-order valence-corrected chi connectivity index (χ2v) is 6.79. The second-order valence-electron chi connectivity index (χ2n) is 6.79. The summed E-state index contributed by atoms with van der Waals surface area (Å²) in [5.41, 5.74) is 0.211. The summed E-state index contributed by atoms with van der Waals surface area (Å²) >= 11 is 0. The summed E-state index contributed by atoms with van der Waals surface area (Å²) < 4.78 is 0. The topological polar surface area (TPSA) is 64.0 Å². The van der Waals surface area contributed by atoms with Gasteiger partial charge in [0.05, 0.1) is 12.0 Å². The van der Waals surface area contributed by atoms with Crippen molar-refractivity contribution in [1.82, 2.24) is 4.90 Å². The standard InChI is InChI=1S/C19H30N2O3/c1-3-9-19(24,10-4-2)15-18(23)21-13-11-20(12-14-21)16-5-7-17(22)8-6-16/h5-8,22,24H,3-4,9-15H2,1-2H3. The summed E-state index contributed by atoms with van der Waals surface area (Å²) in [5, 5.41) is 20.1. The minimum Gasteiger partial charge on any atom is -0.508 e. The van der Waals surface area contributed by atoms with Crippen LogP contribution in [-0.2, 0) is 4.79 Å². The summed E-state index contributed by atoms with van der Waals surface area (Å²) in [6.45, 7) is 6.98. The van der Waals surface area contributed by atoms with Crippen LogP contribution in [0.2, 0.25) is 0 Å². The fraction of sp³-hybridized carbons (Fsp3) is 0.632. The SMILES string of the molecule is CCCC(O)(CCC)CC(=O)N1CCN(c2ccc(O)cc2)CC1. The normalized spacial score (nSPS) is 15.6. The molecule has 1 saturated heterocycles. The minimum absolute atomic E-state index is 0.0600. The molecule has 1 heterocycles. The van der Waals surface area contributed by atoms with E-state index in [9.17, 15) is 15.0 Å². The summed E-state index contributed by atoms with van der Waals surface area (Å²) in [5.74, 6) is 0.323.